The van der Waals surface area contributed by atoms with Crippen molar-refractivity contribution < 1.29 is 13.6 Å². The van der Waals surface area contributed by atoms with E-state index in [2.05, 4.69) is 15.5 Å². The van der Waals surface area contributed by atoms with Crippen LogP contribution in [-0.4, -0.2) is 20.9 Å². The number of carbonyl (C=O) groups excluding carboxylic acids is 1. The number of nitrogens with one attached hydrogen (secondary N) is 1. The molecule has 0 fully saturated rings. The van der Waals surface area contributed by atoms with Crippen LogP contribution in [0, 0.1) is 0 Å². The highest BCUT2D eigenvalue weighted by molar-refractivity contribution is 6.30. The molecule has 0 atom stereocenters. The summed E-state index contributed by atoms with van der Waals surface area (Å²) in [5, 5.41) is 10.4. The van der Waals surface area contributed by atoms with Gasteiger partial charge in [0.15, 0.2) is 11.4 Å². The first kappa shape index (κ1) is 17.1. The number of hydrogen-bond donors (Lipinski definition) is 1. The zero-order chi connectivity index (χ0) is 17.1. The lowest BCUT2D eigenvalue weighted by Gasteiger charge is -2.10. The molecule has 23 heavy (non-hydrogen) atoms. The van der Waals surface area contributed by atoms with Gasteiger partial charge in [-0.15, -0.1) is 5.10 Å². The van der Waals surface area contributed by atoms with Gasteiger partial charge in [0, 0.05) is 17.8 Å². The van der Waals surface area contributed by atoms with Gasteiger partial charge in [-0.1, -0.05) is 23.7 Å². The Morgan fingerprint density at radius 1 is 1.22 bits per heavy atom. The SMILES string of the molecule is C/C(NC(=O)c1nn(C)nc1C(F)F)=C(/C)c1ccc(Cl)cc1. The van der Waals surface area contributed by atoms with Crippen LogP contribution in [0.5, 0.6) is 0 Å². The first-order chi connectivity index (χ1) is 10.8. The molecule has 0 saturated carbocycles. The molecular weight excluding hydrogens is 326 g/mol. The molecule has 1 aromatic heterocycles. The number of aryl methyl sites for hydroxylation is 1. The first-order valence-corrected chi connectivity index (χ1v) is 7.11. The van der Waals surface area contributed by atoms with E-state index in [1.165, 1.54) is 7.05 Å². The van der Waals surface area contributed by atoms with E-state index in [1.54, 1.807) is 31.2 Å². The van der Waals surface area contributed by atoms with Crippen molar-refractivity contribution in [1.29, 1.82) is 0 Å². The van der Waals surface area contributed by atoms with Crippen molar-refractivity contribution in [3.8, 4) is 0 Å². The monoisotopic (exact) mass is 340 g/mol. The van der Waals surface area contributed by atoms with Gasteiger partial charge in [0.05, 0.1) is 0 Å². The van der Waals surface area contributed by atoms with Crippen LogP contribution in [0.3, 0.4) is 0 Å². The second-order valence-corrected chi connectivity index (χ2v) is 5.37. The Hall–Kier alpha value is -2.28. The van der Waals surface area contributed by atoms with Crippen molar-refractivity contribution in [1.82, 2.24) is 20.3 Å². The minimum Gasteiger partial charge on any atom is -0.324 e. The fourth-order valence-corrected chi connectivity index (χ4v) is 2.10. The fraction of sp³-hybridized carbons (Fsp3) is 0.267. The van der Waals surface area contributed by atoms with Gasteiger partial charge in [-0.3, -0.25) is 4.79 Å². The van der Waals surface area contributed by atoms with Gasteiger partial charge < -0.3 is 5.32 Å². The van der Waals surface area contributed by atoms with Gasteiger partial charge in [-0.2, -0.15) is 9.90 Å². The molecule has 8 heteroatoms. The lowest BCUT2D eigenvalue weighted by molar-refractivity contribution is 0.0945. The smallest absolute Gasteiger partial charge is 0.284 e. The molecule has 2 rings (SSSR count). The molecule has 0 aliphatic rings. The van der Waals surface area contributed by atoms with Crippen LogP contribution in [0.4, 0.5) is 8.78 Å². The summed E-state index contributed by atoms with van der Waals surface area (Å²) in [6.45, 7) is 3.49. The second-order valence-electron chi connectivity index (χ2n) is 4.94. The fourth-order valence-electron chi connectivity index (χ4n) is 1.97. The summed E-state index contributed by atoms with van der Waals surface area (Å²) < 4.78 is 25.8. The number of alkyl halides is 2. The molecule has 0 aliphatic carbocycles. The van der Waals surface area contributed by atoms with Crippen LogP contribution >= 0.6 is 11.6 Å². The van der Waals surface area contributed by atoms with E-state index in [-0.39, 0.29) is 5.69 Å². The number of halogens is 3. The summed E-state index contributed by atoms with van der Waals surface area (Å²) in [5.74, 6) is -0.723. The molecule has 5 nitrogen and oxygen atoms in total. The third-order valence-electron chi connectivity index (χ3n) is 3.30. The van der Waals surface area contributed by atoms with Crippen LogP contribution in [-0.2, 0) is 7.05 Å². The molecular formula is C15H15ClF2N4O. The topological polar surface area (TPSA) is 59.8 Å². The molecule has 1 aromatic carbocycles. The van der Waals surface area contributed by atoms with E-state index in [0.717, 1.165) is 15.9 Å². The number of amides is 1. The lowest BCUT2D eigenvalue weighted by Crippen LogP contribution is -2.24. The quantitative estimate of drug-likeness (QED) is 0.925. The zero-order valence-corrected chi connectivity index (χ0v) is 13.5. The van der Waals surface area contributed by atoms with Crippen molar-refractivity contribution in [3.05, 3.63) is 51.9 Å². The van der Waals surface area contributed by atoms with E-state index < -0.39 is 18.0 Å². The van der Waals surface area contributed by atoms with E-state index in [1.807, 2.05) is 6.92 Å². The zero-order valence-electron chi connectivity index (χ0n) is 12.8. The van der Waals surface area contributed by atoms with Crippen LogP contribution in [0.1, 0.15) is 42.0 Å². The molecule has 1 heterocycles. The molecule has 0 saturated heterocycles. The van der Waals surface area contributed by atoms with E-state index in [0.29, 0.717) is 10.7 Å². The summed E-state index contributed by atoms with van der Waals surface area (Å²) in [5.41, 5.74) is 1.16. The van der Waals surface area contributed by atoms with Crippen molar-refractivity contribution in [2.45, 2.75) is 20.3 Å². The van der Waals surface area contributed by atoms with Crippen molar-refractivity contribution in [2.24, 2.45) is 7.05 Å². The highest BCUT2D eigenvalue weighted by atomic mass is 35.5. The maximum absolute atomic E-state index is 12.9. The number of rotatable bonds is 4. The predicted molar refractivity (Wildman–Crippen MR) is 83.1 cm³/mol. The third kappa shape index (κ3) is 3.92. The Morgan fingerprint density at radius 3 is 2.39 bits per heavy atom. The van der Waals surface area contributed by atoms with Crippen molar-refractivity contribution in [3.63, 3.8) is 0 Å². The van der Waals surface area contributed by atoms with Gasteiger partial charge >= 0.3 is 0 Å². The molecule has 0 spiro atoms. The third-order valence-corrected chi connectivity index (χ3v) is 3.55. The van der Waals surface area contributed by atoms with Crippen molar-refractivity contribution in [2.75, 3.05) is 0 Å². The number of nitrogens with zero attached hydrogens (tertiary/aromatic N) is 3. The number of carbonyl (C=O) groups is 1. The molecule has 2 aromatic rings. The van der Waals surface area contributed by atoms with E-state index in [9.17, 15) is 13.6 Å². The number of hydrogen-bond acceptors (Lipinski definition) is 3. The van der Waals surface area contributed by atoms with Gasteiger partial charge in [-0.25, -0.2) is 8.78 Å². The van der Waals surface area contributed by atoms with Gasteiger partial charge in [0.1, 0.15) is 0 Å². The highest BCUT2D eigenvalue weighted by Gasteiger charge is 2.24. The van der Waals surface area contributed by atoms with Crippen LogP contribution < -0.4 is 5.32 Å². The largest absolute Gasteiger partial charge is 0.324 e. The molecule has 0 bridgehead atoms. The maximum Gasteiger partial charge on any atom is 0.284 e. The predicted octanol–water partition coefficient (Wildman–Crippen LogP) is 3.59. The lowest BCUT2D eigenvalue weighted by atomic mass is 10.1. The summed E-state index contributed by atoms with van der Waals surface area (Å²) in [6.07, 6.45) is -2.87. The van der Waals surface area contributed by atoms with E-state index >= 15 is 0 Å². The summed E-state index contributed by atoms with van der Waals surface area (Å²) >= 11 is 5.84. The summed E-state index contributed by atoms with van der Waals surface area (Å²) in [6, 6.07) is 7.07. The molecule has 122 valence electrons. The van der Waals surface area contributed by atoms with Crippen LogP contribution in [0.15, 0.2) is 30.0 Å². The van der Waals surface area contributed by atoms with Gasteiger partial charge in [0.2, 0.25) is 0 Å². The Kier molecular flexibility index (Phi) is 5.10. The summed E-state index contributed by atoms with van der Waals surface area (Å²) in [4.78, 5) is 13.1. The second kappa shape index (κ2) is 6.87. The molecule has 1 N–H and O–H groups in total. The van der Waals surface area contributed by atoms with Gasteiger partial charge in [-0.05, 0) is 37.1 Å². The van der Waals surface area contributed by atoms with Crippen molar-refractivity contribution >= 4 is 23.1 Å². The number of benzene rings is 1. The average Bonchev–Trinajstić information content (AvgIpc) is 2.89. The van der Waals surface area contributed by atoms with Crippen LogP contribution in [0.2, 0.25) is 5.02 Å². The number of aromatic nitrogens is 3. The Bertz CT molecular complexity index is 753. The molecule has 0 radical (unpaired) electrons. The Balaban J connectivity index is 2.25. The Labute approximate surface area is 136 Å². The number of allylic oxidation sites excluding steroid dienone is 2. The normalized spacial score (nSPS) is 12.3. The standard InChI is InChI=1S/C15H15ClF2N4O/c1-8(10-4-6-11(16)7-5-10)9(2)19-15(23)13-12(14(17)18)20-22(3)21-13/h4-7,14H,1-3H3,(H,19,23)/b9-8+. The van der Waals surface area contributed by atoms with E-state index in [4.69, 9.17) is 11.6 Å². The molecule has 0 aliphatic heterocycles. The van der Waals surface area contributed by atoms with Crippen LogP contribution in [0.25, 0.3) is 5.57 Å². The summed E-state index contributed by atoms with van der Waals surface area (Å²) in [7, 11) is 1.38. The average molecular weight is 341 g/mol. The Morgan fingerprint density at radius 2 is 1.83 bits per heavy atom. The molecule has 0 unspecified atom stereocenters. The maximum atomic E-state index is 12.9. The minimum atomic E-state index is -2.87. The van der Waals surface area contributed by atoms with Gasteiger partial charge in [0.25, 0.3) is 12.3 Å². The minimum absolute atomic E-state index is 0.384. The first-order valence-electron chi connectivity index (χ1n) is 6.73. The highest BCUT2D eigenvalue weighted by Crippen LogP contribution is 2.21. The molecule has 1 amide bonds.